The molecule has 0 aliphatic heterocycles. The van der Waals surface area contributed by atoms with E-state index in [9.17, 15) is 4.39 Å². The molecule has 0 nitrogen and oxygen atoms in total. The fraction of sp³-hybridized carbons (Fsp3) is 0.500. The molecule has 1 heteroatoms. The summed E-state index contributed by atoms with van der Waals surface area (Å²) in [5.41, 5.74) is 5.17. The summed E-state index contributed by atoms with van der Waals surface area (Å²) < 4.78 is 13.4. The lowest BCUT2D eigenvalue weighted by atomic mass is 9.83. The molecule has 0 N–H and O–H groups in total. The Balaban J connectivity index is 1.46. The third-order valence-electron chi connectivity index (χ3n) is 6.32. The molecule has 3 rings (SSSR count). The molecule has 0 spiro atoms. The van der Waals surface area contributed by atoms with Gasteiger partial charge in [0.05, 0.1) is 0 Å². The average molecular weight is 393 g/mol. The monoisotopic (exact) mass is 392 g/mol. The Kier molecular flexibility index (Phi) is 8.99. The Morgan fingerprint density at radius 3 is 2.00 bits per heavy atom. The van der Waals surface area contributed by atoms with E-state index in [0.717, 1.165) is 25.7 Å². The highest BCUT2D eigenvalue weighted by Gasteiger charge is 2.21. The zero-order valence-corrected chi connectivity index (χ0v) is 18.1. The van der Waals surface area contributed by atoms with E-state index in [1.54, 1.807) is 0 Å². The van der Waals surface area contributed by atoms with Crippen molar-refractivity contribution in [3.8, 4) is 11.1 Å². The fourth-order valence-corrected chi connectivity index (χ4v) is 4.38. The lowest BCUT2D eigenvalue weighted by Crippen LogP contribution is -2.13. The maximum Gasteiger partial charge on any atom is 0.100 e. The van der Waals surface area contributed by atoms with E-state index in [1.807, 2.05) is 0 Å². The van der Waals surface area contributed by atoms with Crippen LogP contribution in [0.25, 0.3) is 17.2 Å². The van der Waals surface area contributed by atoms with Crippen LogP contribution in [0.1, 0.15) is 94.6 Å². The largest absolute Gasteiger partial charge is 0.247 e. The van der Waals surface area contributed by atoms with Gasteiger partial charge in [-0.25, -0.2) is 4.39 Å². The summed E-state index contributed by atoms with van der Waals surface area (Å²) in [5.74, 6) is 0.537. The smallest absolute Gasteiger partial charge is 0.100 e. The molecule has 0 amide bonds. The first-order valence-electron chi connectivity index (χ1n) is 11.8. The van der Waals surface area contributed by atoms with Gasteiger partial charge in [-0.15, -0.1) is 0 Å². The maximum absolute atomic E-state index is 13.4. The number of allylic oxidation sites excluding steroid dienone is 1. The molecule has 0 aromatic heterocycles. The van der Waals surface area contributed by atoms with Gasteiger partial charge in [0.1, 0.15) is 6.17 Å². The van der Waals surface area contributed by atoms with E-state index in [1.165, 1.54) is 67.2 Å². The Morgan fingerprint density at radius 2 is 1.34 bits per heavy atom. The molecule has 1 aliphatic rings. The third kappa shape index (κ3) is 7.14. The number of rotatable bonds is 10. The number of hydrogen-bond acceptors (Lipinski definition) is 0. The van der Waals surface area contributed by atoms with Crippen LogP contribution in [0, 0.1) is 0 Å². The molecule has 0 saturated heterocycles. The predicted octanol–water partition coefficient (Wildman–Crippen LogP) is 9.11. The van der Waals surface area contributed by atoms with Gasteiger partial charge in [-0.05, 0) is 66.7 Å². The second kappa shape index (κ2) is 12.0. The molecule has 156 valence electrons. The summed E-state index contributed by atoms with van der Waals surface area (Å²) in [6.07, 6.45) is 16.7. The van der Waals surface area contributed by atoms with Crippen LogP contribution in [0.4, 0.5) is 4.39 Å². The van der Waals surface area contributed by atoms with Gasteiger partial charge in [-0.1, -0.05) is 99.7 Å². The van der Waals surface area contributed by atoms with Crippen molar-refractivity contribution in [1.82, 2.24) is 0 Å². The molecule has 1 aliphatic carbocycles. The standard InChI is InChI=1S/C28H37F/c1-2-3-4-5-6-7-8-9-10-23-11-13-24(14-12-23)25-15-17-26(18-16-25)27-19-21-28(29)22-20-27/h9-18,27-28H,2-8,19-22H2,1H3. The minimum atomic E-state index is -0.580. The fourth-order valence-electron chi connectivity index (χ4n) is 4.38. The minimum absolute atomic E-state index is 0.537. The van der Waals surface area contributed by atoms with Gasteiger partial charge in [0.15, 0.2) is 0 Å². The zero-order chi connectivity index (χ0) is 20.3. The maximum atomic E-state index is 13.4. The van der Waals surface area contributed by atoms with E-state index in [-0.39, 0.29) is 0 Å². The summed E-state index contributed by atoms with van der Waals surface area (Å²) in [6, 6.07) is 17.8. The van der Waals surface area contributed by atoms with Crippen molar-refractivity contribution in [3.63, 3.8) is 0 Å². The van der Waals surface area contributed by atoms with Crippen LogP contribution in [0.5, 0.6) is 0 Å². The van der Waals surface area contributed by atoms with Crippen LogP contribution < -0.4 is 0 Å². The number of benzene rings is 2. The molecule has 1 saturated carbocycles. The van der Waals surface area contributed by atoms with E-state index in [4.69, 9.17) is 0 Å². The van der Waals surface area contributed by atoms with Gasteiger partial charge in [0.2, 0.25) is 0 Å². The second-order valence-electron chi connectivity index (χ2n) is 8.65. The molecule has 0 unspecified atom stereocenters. The summed E-state index contributed by atoms with van der Waals surface area (Å²) in [4.78, 5) is 0. The van der Waals surface area contributed by atoms with Crippen molar-refractivity contribution in [2.45, 2.75) is 89.6 Å². The Hall–Kier alpha value is -1.89. The van der Waals surface area contributed by atoms with Crippen molar-refractivity contribution >= 4 is 6.08 Å². The molecule has 2 aromatic rings. The van der Waals surface area contributed by atoms with Crippen molar-refractivity contribution in [2.75, 3.05) is 0 Å². The summed E-state index contributed by atoms with van der Waals surface area (Å²) in [5, 5.41) is 0. The topological polar surface area (TPSA) is 0 Å². The predicted molar refractivity (Wildman–Crippen MR) is 125 cm³/mol. The van der Waals surface area contributed by atoms with Gasteiger partial charge in [-0.2, -0.15) is 0 Å². The van der Waals surface area contributed by atoms with Gasteiger partial charge >= 0.3 is 0 Å². The van der Waals surface area contributed by atoms with Crippen molar-refractivity contribution in [3.05, 3.63) is 65.7 Å². The highest BCUT2D eigenvalue weighted by molar-refractivity contribution is 5.66. The van der Waals surface area contributed by atoms with Gasteiger partial charge in [0.25, 0.3) is 0 Å². The normalized spacial score (nSPS) is 19.7. The van der Waals surface area contributed by atoms with Crippen molar-refractivity contribution < 1.29 is 4.39 Å². The summed E-state index contributed by atoms with van der Waals surface area (Å²) in [6.45, 7) is 2.27. The van der Waals surface area contributed by atoms with Crippen LogP contribution in [-0.4, -0.2) is 6.17 Å². The Morgan fingerprint density at radius 1 is 0.759 bits per heavy atom. The first-order chi connectivity index (χ1) is 14.3. The summed E-state index contributed by atoms with van der Waals surface area (Å²) >= 11 is 0. The lowest BCUT2D eigenvalue weighted by molar-refractivity contribution is 0.235. The molecule has 0 heterocycles. The minimum Gasteiger partial charge on any atom is -0.247 e. The van der Waals surface area contributed by atoms with E-state index in [2.05, 4.69) is 67.6 Å². The molecule has 1 fully saturated rings. The highest BCUT2D eigenvalue weighted by Crippen LogP contribution is 2.34. The average Bonchev–Trinajstić information content (AvgIpc) is 2.77. The van der Waals surface area contributed by atoms with E-state index in [0.29, 0.717) is 5.92 Å². The molecular formula is C28H37F. The summed E-state index contributed by atoms with van der Waals surface area (Å²) in [7, 11) is 0. The van der Waals surface area contributed by atoms with Crippen LogP contribution in [0.15, 0.2) is 54.6 Å². The van der Waals surface area contributed by atoms with Crippen LogP contribution >= 0.6 is 0 Å². The molecule has 0 atom stereocenters. The Labute approximate surface area is 177 Å². The molecule has 2 aromatic carbocycles. The lowest BCUT2D eigenvalue weighted by Gasteiger charge is -2.24. The zero-order valence-electron chi connectivity index (χ0n) is 18.1. The quantitative estimate of drug-likeness (QED) is 0.354. The SMILES string of the molecule is CCCCCCCCC=Cc1ccc(-c2ccc(C3CCC(F)CC3)cc2)cc1. The van der Waals surface area contributed by atoms with Crippen LogP contribution in [0.2, 0.25) is 0 Å². The number of halogens is 1. The first-order valence-corrected chi connectivity index (χ1v) is 11.8. The van der Waals surface area contributed by atoms with Crippen LogP contribution in [-0.2, 0) is 0 Å². The van der Waals surface area contributed by atoms with Gasteiger partial charge in [0, 0.05) is 0 Å². The van der Waals surface area contributed by atoms with E-state index >= 15 is 0 Å². The number of alkyl halides is 1. The molecule has 0 radical (unpaired) electrons. The molecule has 0 bridgehead atoms. The molecular weight excluding hydrogens is 355 g/mol. The van der Waals surface area contributed by atoms with Gasteiger partial charge in [-0.3, -0.25) is 0 Å². The second-order valence-corrected chi connectivity index (χ2v) is 8.65. The molecule has 29 heavy (non-hydrogen) atoms. The van der Waals surface area contributed by atoms with Crippen molar-refractivity contribution in [1.29, 1.82) is 0 Å². The Bertz CT molecular complexity index is 718. The van der Waals surface area contributed by atoms with E-state index < -0.39 is 6.17 Å². The van der Waals surface area contributed by atoms with Crippen molar-refractivity contribution in [2.24, 2.45) is 0 Å². The first kappa shape index (κ1) is 21.8. The highest BCUT2D eigenvalue weighted by atomic mass is 19.1. The van der Waals surface area contributed by atoms with Gasteiger partial charge < -0.3 is 0 Å². The third-order valence-corrected chi connectivity index (χ3v) is 6.32. The number of unbranched alkanes of at least 4 members (excludes halogenated alkanes) is 6. The van der Waals surface area contributed by atoms with Crippen LogP contribution in [0.3, 0.4) is 0 Å². The number of hydrogen-bond donors (Lipinski definition) is 0.